The van der Waals surface area contributed by atoms with E-state index in [0.29, 0.717) is 12.8 Å². The maximum atomic E-state index is 12.3. The lowest BCUT2D eigenvalue weighted by Crippen LogP contribution is -2.48. The molecule has 7 heteroatoms. The number of piperidine rings is 1. The number of thiophene rings is 1. The molecule has 1 N–H and O–H groups in total. The van der Waals surface area contributed by atoms with E-state index >= 15 is 0 Å². The summed E-state index contributed by atoms with van der Waals surface area (Å²) in [4.78, 5) is 15.6. The third-order valence-electron chi connectivity index (χ3n) is 5.55. The summed E-state index contributed by atoms with van der Waals surface area (Å²) < 4.78 is 7.04. The van der Waals surface area contributed by atoms with Gasteiger partial charge in [-0.15, -0.1) is 17.8 Å². The van der Waals surface area contributed by atoms with Crippen molar-refractivity contribution in [2.45, 2.75) is 31.5 Å². The molecule has 1 aliphatic rings. The van der Waals surface area contributed by atoms with E-state index in [0.717, 1.165) is 41.5 Å². The van der Waals surface area contributed by atoms with Crippen LogP contribution >= 0.6 is 11.3 Å². The first-order chi connectivity index (χ1) is 15.1. The molecule has 1 saturated heterocycles. The number of para-hydroxylation sites is 1. The average Bonchev–Trinajstić information content (AvgIpc) is 3.31. The molecule has 6 nitrogen and oxygen atoms in total. The monoisotopic (exact) mass is 435 g/mol. The second kappa shape index (κ2) is 9.48. The van der Waals surface area contributed by atoms with Crippen LogP contribution in [0.25, 0.3) is 10.6 Å². The summed E-state index contributed by atoms with van der Waals surface area (Å²) in [6.07, 6.45) is 6.44. The third-order valence-corrected chi connectivity index (χ3v) is 6.44. The van der Waals surface area contributed by atoms with E-state index in [9.17, 15) is 9.90 Å². The molecule has 1 aromatic carbocycles. The van der Waals surface area contributed by atoms with Gasteiger partial charge >= 0.3 is 0 Å². The van der Waals surface area contributed by atoms with E-state index in [1.54, 1.807) is 17.4 Å². The lowest BCUT2D eigenvalue weighted by molar-refractivity contribution is -0.0390. The summed E-state index contributed by atoms with van der Waals surface area (Å²) in [5.74, 6) is 3.29. The van der Waals surface area contributed by atoms with E-state index in [1.807, 2.05) is 41.8 Å². The van der Waals surface area contributed by atoms with Gasteiger partial charge in [-0.2, -0.15) is 5.10 Å². The predicted molar refractivity (Wildman–Crippen MR) is 122 cm³/mol. The van der Waals surface area contributed by atoms with Crippen LogP contribution in [0, 0.1) is 12.3 Å². The number of hydrogen-bond acceptors (Lipinski definition) is 6. The molecule has 0 aliphatic carbocycles. The molecular weight excluding hydrogens is 410 g/mol. The quantitative estimate of drug-likeness (QED) is 0.578. The topological polar surface area (TPSA) is 67.6 Å². The minimum absolute atomic E-state index is 0.195. The second-order valence-electron chi connectivity index (χ2n) is 7.79. The molecular formula is C24H25N3O3S. The van der Waals surface area contributed by atoms with Crippen LogP contribution in [0.1, 0.15) is 18.4 Å². The van der Waals surface area contributed by atoms with Gasteiger partial charge in [-0.25, -0.2) is 4.68 Å². The van der Waals surface area contributed by atoms with Crippen LogP contribution in [0.15, 0.2) is 58.7 Å². The van der Waals surface area contributed by atoms with E-state index in [1.165, 1.54) is 10.7 Å². The largest absolute Gasteiger partial charge is 0.481 e. The Morgan fingerprint density at radius 2 is 1.97 bits per heavy atom. The Labute approximate surface area is 185 Å². The van der Waals surface area contributed by atoms with Gasteiger partial charge in [0.05, 0.1) is 17.0 Å². The van der Waals surface area contributed by atoms with Crippen LogP contribution in [-0.4, -0.2) is 45.1 Å². The first-order valence-electron chi connectivity index (χ1n) is 10.3. The van der Waals surface area contributed by atoms with Crippen LogP contribution in [-0.2, 0) is 13.1 Å². The lowest BCUT2D eigenvalue weighted by Gasteiger charge is -2.38. The van der Waals surface area contributed by atoms with Crippen molar-refractivity contribution in [3.63, 3.8) is 0 Å². The summed E-state index contributed by atoms with van der Waals surface area (Å²) in [6.45, 7) is 2.60. The fraction of sp³-hybridized carbons (Fsp3) is 0.333. The van der Waals surface area contributed by atoms with Crippen LogP contribution in [0.2, 0.25) is 0 Å². The summed E-state index contributed by atoms with van der Waals surface area (Å²) in [5, 5.41) is 17.6. The number of aliphatic hydroxyl groups is 1. The minimum Gasteiger partial charge on any atom is -0.481 e. The van der Waals surface area contributed by atoms with Crippen molar-refractivity contribution >= 4 is 11.3 Å². The van der Waals surface area contributed by atoms with Gasteiger partial charge in [0, 0.05) is 31.3 Å². The number of aromatic nitrogens is 2. The number of benzene rings is 1. The van der Waals surface area contributed by atoms with Gasteiger partial charge in [0.1, 0.15) is 18.1 Å². The molecule has 4 rings (SSSR count). The molecule has 1 aliphatic heterocycles. The number of nitrogens with zero attached hydrogens (tertiary/aromatic N) is 3. The first kappa shape index (κ1) is 21.3. The molecule has 3 heterocycles. The number of hydrogen-bond donors (Lipinski definition) is 1. The molecule has 0 bridgehead atoms. The van der Waals surface area contributed by atoms with Crippen molar-refractivity contribution in [1.29, 1.82) is 0 Å². The maximum absolute atomic E-state index is 12.3. The highest BCUT2D eigenvalue weighted by Crippen LogP contribution is 2.27. The highest BCUT2D eigenvalue weighted by atomic mass is 32.1. The molecule has 1 fully saturated rings. The molecule has 0 amide bonds. The molecule has 31 heavy (non-hydrogen) atoms. The molecule has 0 atom stereocenters. The van der Waals surface area contributed by atoms with Crippen LogP contribution in [0.4, 0.5) is 0 Å². The van der Waals surface area contributed by atoms with E-state index in [-0.39, 0.29) is 18.7 Å². The molecule has 0 spiro atoms. The van der Waals surface area contributed by atoms with Gasteiger partial charge in [0.25, 0.3) is 5.56 Å². The number of terminal acetylenes is 1. The normalized spacial score (nSPS) is 16.0. The van der Waals surface area contributed by atoms with Gasteiger partial charge in [-0.1, -0.05) is 30.2 Å². The Kier molecular flexibility index (Phi) is 6.52. The van der Waals surface area contributed by atoms with Crippen molar-refractivity contribution in [3.8, 4) is 28.7 Å². The smallest absolute Gasteiger partial charge is 0.266 e. The van der Waals surface area contributed by atoms with Crippen molar-refractivity contribution in [2.24, 2.45) is 0 Å². The van der Waals surface area contributed by atoms with Crippen molar-refractivity contribution in [2.75, 3.05) is 19.7 Å². The first-order valence-corrected chi connectivity index (χ1v) is 11.2. The van der Waals surface area contributed by atoms with Crippen molar-refractivity contribution in [3.05, 3.63) is 69.8 Å². The molecule has 2 aromatic heterocycles. The SMILES string of the molecule is C#CCOc1ccccc1CN1CCC(O)(Cn2nc(-c3cccs3)ccc2=O)CC1. The zero-order chi connectivity index (χ0) is 21.7. The zero-order valence-electron chi connectivity index (χ0n) is 17.2. The second-order valence-corrected chi connectivity index (χ2v) is 8.74. The van der Waals surface area contributed by atoms with Crippen LogP contribution < -0.4 is 10.3 Å². The summed E-state index contributed by atoms with van der Waals surface area (Å²) in [7, 11) is 0. The van der Waals surface area contributed by atoms with Gasteiger partial charge in [0.2, 0.25) is 0 Å². The highest BCUT2D eigenvalue weighted by molar-refractivity contribution is 7.13. The number of likely N-dealkylation sites (tertiary alicyclic amines) is 1. The van der Waals surface area contributed by atoms with E-state index in [4.69, 9.17) is 11.2 Å². The van der Waals surface area contributed by atoms with Crippen molar-refractivity contribution < 1.29 is 9.84 Å². The Morgan fingerprint density at radius 3 is 2.71 bits per heavy atom. The lowest BCUT2D eigenvalue weighted by atomic mass is 9.91. The van der Waals surface area contributed by atoms with Gasteiger partial charge in [-0.3, -0.25) is 9.69 Å². The maximum Gasteiger partial charge on any atom is 0.266 e. The predicted octanol–water partition coefficient (Wildman–Crippen LogP) is 3.01. The Balaban J connectivity index is 1.40. The highest BCUT2D eigenvalue weighted by Gasteiger charge is 2.33. The van der Waals surface area contributed by atoms with Crippen LogP contribution in [0.5, 0.6) is 5.75 Å². The van der Waals surface area contributed by atoms with Crippen LogP contribution in [0.3, 0.4) is 0 Å². The molecule has 0 unspecified atom stereocenters. The zero-order valence-corrected chi connectivity index (χ0v) is 18.1. The summed E-state index contributed by atoms with van der Waals surface area (Å²) in [6, 6.07) is 15.1. The average molecular weight is 436 g/mol. The van der Waals surface area contributed by atoms with E-state index < -0.39 is 5.60 Å². The van der Waals surface area contributed by atoms with Crippen molar-refractivity contribution in [1.82, 2.24) is 14.7 Å². The van der Waals surface area contributed by atoms with Gasteiger partial charge < -0.3 is 9.84 Å². The fourth-order valence-corrected chi connectivity index (χ4v) is 4.51. The fourth-order valence-electron chi connectivity index (χ4n) is 3.82. The standard InChI is InChI=1S/C24H25N3O3S/c1-2-15-30-21-7-4-3-6-19(21)17-26-13-11-24(29,12-14-26)18-27-23(28)10-9-20(25-27)22-8-5-16-31-22/h1,3-10,16,29H,11-15,17-18H2. The number of ether oxygens (including phenoxy) is 1. The number of rotatable bonds is 7. The molecule has 0 radical (unpaired) electrons. The molecule has 160 valence electrons. The Bertz CT molecular complexity index is 1110. The van der Waals surface area contributed by atoms with E-state index in [2.05, 4.69) is 15.9 Å². The Morgan fingerprint density at radius 1 is 1.16 bits per heavy atom. The molecule has 0 saturated carbocycles. The van der Waals surface area contributed by atoms with Gasteiger partial charge in [0.15, 0.2) is 0 Å². The van der Waals surface area contributed by atoms with Gasteiger partial charge in [-0.05, 0) is 36.4 Å². The molecule has 3 aromatic rings. The third kappa shape index (κ3) is 5.23. The summed E-state index contributed by atoms with van der Waals surface area (Å²) in [5.41, 5.74) is 0.667. The summed E-state index contributed by atoms with van der Waals surface area (Å²) >= 11 is 1.57. The Hall–Kier alpha value is -2.92. The minimum atomic E-state index is -0.957.